The number of nitrogens with zero attached hydrogens (tertiary/aromatic N) is 3. The number of hydrogen-bond donors (Lipinski definition) is 0. The molecular weight excluding hydrogens is 422 g/mol. The zero-order chi connectivity index (χ0) is 22.1. The summed E-state index contributed by atoms with van der Waals surface area (Å²) in [6.45, 7) is 4.21. The van der Waals surface area contributed by atoms with Gasteiger partial charge < -0.3 is 9.64 Å². The Hall–Kier alpha value is -3.16. The van der Waals surface area contributed by atoms with Crippen LogP contribution in [0.1, 0.15) is 17.5 Å². The monoisotopic (exact) mass is 447 g/mol. The number of aliphatic imine (C=N–C) groups is 1. The zero-order valence-corrected chi connectivity index (χ0v) is 18.8. The number of fused-ring (bicyclic) bond motifs is 2. The fourth-order valence-electron chi connectivity index (χ4n) is 4.16. The van der Waals surface area contributed by atoms with Crippen LogP contribution in [-0.2, 0) is 10.0 Å². The van der Waals surface area contributed by atoms with Crippen molar-refractivity contribution in [3.63, 3.8) is 0 Å². The smallest absolute Gasteiger partial charge is 0.243 e. The van der Waals surface area contributed by atoms with Gasteiger partial charge in [0.15, 0.2) is 5.75 Å². The van der Waals surface area contributed by atoms with Crippen molar-refractivity contribution in [2.45, 2.75) is 18.2 Å². The lowest BCUT2D eigenvalue weighted by Gasteiger charge is -2.25. The van der Waals surface area contributed by atoms with E-state index in [1.807, 2.05) is 49.4 Å². The first-order valence-electron chi connectivity index (χ1n) is 10.8. The number of rotatable bonds is 2. The average Bonchev–Trinajstić information content (AvgIpc) is 3.15. The maximum absolute atomic E-state index is 13.1. The molecule has 0 N–H and O–H groups in total. The maximum Gasteiger partial charge on any atom is 0.243 e. The van der Waals surface area contributed by atoms with Crippen molar-refractivity contribution in [3.05, 3.63) is 83.9 Å². The molecule has 164 valence electrons. The lowest BCUT2D eigenvalue weighted by molar-refractivity contribution is 0.407. The van der Waals surface area contributed by atoms with E-state index in [1.54, 1.807) is 28.6 Å². The van der Waals surface area contributed by atoms with Crippen molar-refractivity contribution in [1.29, 1.82) is 0 Å². The molecule has 0 amide bonds. The first-order valence-corrected chi connectivity index (χ1v) is 12.2. The summed E-state index contributed by atoms with van der Waals surface area (Å²) in [5.74, 6) is 2.31. The molecule has 6 nitrogen and oxygen atoms in total. The predicted molar refractivity (Wildman–Crippen MR) is 125 cm³/mol. The lowest BCUT2D eigenvalue weighted by atomic mass is 10.1. The van der Waals surface area contributed by atoms with Crippen LogP contribution in [-0.4, -0.2) is 49.6 Å². The Morgan fingerprint density at radius 1 is 0.844 bits per heavy atom. The molecule has 2 heterocycles. The van der Waals surface area contributed by atoms with Gasteiger partial charge in [0.05, 0.1) is 10.5 Å². The van der Waals surface area contributed by atoms with Crippen molar-refractivity contribution in [3.8, 4) is 11.5 Å². The molecule has 0 unspecified atom stereocenters. The van der Waals surface area contributed by atoms with Crippen molar-refractivity contribution in [2.24, 2.45) is 4.99 Å². The summed E-state index contributed by atoms with van der Waals surface area (Å²) < 4.78 is 34.1. The summed E-state index contributed by atoms with van der Waals surface area (Å²) in [7, 11) is -3.52. The molecule has 0 saturated carbocycles. The largest absolute Gasteiger partial charge is 0.454 e. The van der Waals surface area contributed by atoms with Gasteiger partial charge in [-0.2, -0.15) is 4.31 Å². The quantitative estimate of drug-likeness (QED) is 0.577. The van der Waals surface area contributed by atoms with Gasteiger partial charge in [-0.1, -0.05) is 42.0 Å². The minimum Gasteiger partial charge on any atom is -0.454 e. The van der Waals surface area contributed by atoms with Crippen LogP contribution in [0.5, 0.6) is 11.5 Å². The van der Waals surface area contributed by atoms with E-state index in [-0.39, 0.29) is 0 Å². The molecule has 0 radical (unpaired) electrons. The number of para-hydroxylation sites is 2. The van der Waals surface area contributed by atoms with E-state index in [0.717, 1.165) is 47.1 Å². The van der Waals surface area contributed by atoms with E-state index in [0.29, 0.717) is 24.5 Å². The molecule has 32 heavy (non-hydrogen) atoms. The third-order valence-corrected chi connectivity index (χ3v) is 7.74. The molecule has 3 aromatic rings. The number of amidine groups is 1. The minimum atomic E-state index is -3.52. The summed E-state index contributed by atoms with van der Waals surface area (Å²) in [5.41, 5.74) is 2.82. The van der Waals surface area contributed by atoms with Crippen LogP contribution in [0.15, 0.2) is 82.7 Å². The van der Waals surface area contributed by atoms with Gasteiger partial charge in [-0.25, -0.2) is 13.4 Å². The van der Waals surface area contributed by atoms with E-state index in [9.17, 15) is 8.42 Å². The molecule has 2 aliphatic heterocycles. The Morgan fingerprint density at radius 2 is 1.62 bits per heavy atom. The van der Waals surface area contributed by atoms with E-state index in [1.165, 1.54) is 0 Å². The van der Waals surface area contributed by atoms with E-state index in [4.69, 9.17) is 9.73 Å². The van der Waals surface area contributed by atoms with Crippen LogP contribution < -0.4 is 4.74 Å². The Bertz CT molecular complexity index is 1270. The molecule has 0 aliphatic carbocycles. The van der Waals surface area contributed by atoms with Crippen molar-refractivity contribution in [2.75, 3.05) is 26.2 Å². The highest BCUT2D eigenvalue weighted by Gasteiger charge is 2.29. The molecule has 0 atom stereocenters. The normalized spacial score (nSPS) is 16.8. The second kappa shape index (κ2) is 8.41. The second-order valence-electron chi connectivity index (χ2n) is 8.06. The van der Waals surface area contributed by atoms with Crippen molar-refractivity contribution in [1.82, 2.24) is 9.21 Å². The number of hydrogen-bond acceptors (Lipinski definition) is 5. The van der Waals surface area contributed by atoms with Crippen LogP contribution in [0.2, 0.25) is 0 Å². The van der Waals surface area contributed by atoms with Crippen LogP contribution in [0, 0.1) is 6.92 Å². The van der Waals surface area contributed by atoms with Crippen molar-refractivity contribution < 1.29 is 13.2 Å². The molecular formula is C25H25N3O3S. The maximum atomic E-state index is 13.1. The van der Waals surface area contributed by atoms with Crippen LogP contribution >= 0.6 is 0 Å². The molecule has 3 aromatic carbocycles. The average molecular weight is 448 g/mol. The molecule has 0 aromatic heterocycles. The van der Waals surface area contributed by atoms with Crippen LogP contribution in [0.4, 0.5) is 5.69 Å². The Balaban J connectivity index is 1.48. The Kier molecular flexibility index (Phi) is 5.45. The molecule has 1 saturated heterocycles. The fourth-order valence-corrected chi connectivity index (χ4v) is 5.66. The first kappa shape index (κ1) is 20.7. The number of ether oxygens (including phenoxy) is 1. The van der Waals surface area contributed by atoms with E-state index < -0.39 is 10.0 Å². The standard InChI is InChI=1S/C25H25N3O3S/c1-19-12-13-23-21(18-19)25(26-22-10-5-6-11-24(22)31-23)27-14-7-15-28(17-16-27)32(29,30)20-8-3-2-4-9-20/h2-6,8-13,18H,7,14-17H2,1H3. The molecule has 1 fully saturated rings. The summed E-state index contributed by atoms with van der Waals surface area (Å²) in [4.78, 5) is 7.50. The third kappa shape index (κ3) is 3.89. The van der Waals surface area contributed by atoms with Gasteiger partial charge in [0.1, 0.15) is 17.3 Å². The van der Waals surface area contributed by atoms with E-state index in [2.05, 4.69) is 11.0 Å². The highest BCUT2D eigenvalue weighted by atomic mass is 32.2. The van der Waals surface area contributed by atoms with Gasteiger partial charge in [-0.15, -0.1) is 0 Å². The number of benzene rings is 3. The highest BCUT2D eigenvalue weighted by Crippen LogP contribution is 2.38. The second-order valence-corrected chi connectivity index (χ2v) is 10.0. The number of aryl methyl sites for hydroxylation is 1. The molecule has 2 aliphatic rings. The highest BCUT2D eigenvalue weighted by molar-refractivity contribution is 7.89. The Morgan fingerprint density at radius 3 is 2.47 bits per heavy atom. The van der Waals surface area contributed by atoms with Gasteiger partial charge in [0, 0.05) is 26.2 Å². The zero-order valence-electron chi connectivity index (χ0n) is 17.9. The summed E-state index contributed by atoms with van der Waals surface area (Å²) >= 11 is 0. The van der Waals surface area contributed by atoms with Crippen molar-refractivity contribution >= 4 is 21.5 Å². The SMILES string of the molecule is Cc1ccc2c(c1)C(N1CCCN(S(=O)(=O)c3ccccc3)CC1)=Nc1ccccc1O2. The van der Waals surface area contributed by atoms with Gasteiger partial charge in [0.25, 0.3) is 0 Å². The summed E-state index contributed by atoms with van der Waals surface area (Å²) in [6.07, 6.45) is 0.717. The van der Waals surface area contributed by atoms with E-state index >= 15 is 0 Å². The lowest BCUT2D eigenvalue weighted by Crippen LogP contribution is -2.37. The molecule has 7 heteroatoms. The van der Waals surface area contributed by atoms with Gasteiger partial charge in [-0.3, -0.25) is 0 Å². The van der Waals surface area contributed by atoms with Crippen LogP contribution in [0.25, 0.3) is 0 Å². The molecule has 0 bridgehead atoms. The van der Waals surface area contributed by atoms with Gasteiger partial charge in [0.2, 0.25) is 10.0 Å². The predicted octanol–water partition coefficient (Wildman–Crippen LogP) is 4.58. The first-order chi connectivity index (χ1) is 15.5. The summed E-state index contributed by atoms with van der Waals surface area (Å²) in [6, 6.07) is 22.5. The fraction of sp³-hybridized carbons (Fsp3) is 0.240. The van der Waals surface area contributed by atoms with Gasteiger partial charge in [-0.05, 0) is 49.7 Å². The van der Waals surface area contributed by atoms with Crippen LogP contribution in [0.3, 0.4) is 0 Å². The molecule has 0 spiro atoms. The Labute approximate surface area is 188 Å². The van der Waals surface area contributed by atoms with Gasteiger partial charge >= 0.3 is 0 Å². The summed E-state index contributed by atoms with van der Waals surface area (Å²) in [5, 5.41) is 0. The minimum absolute atomic E-state index is 0.337. The third-order valence-electron chi connectivity index (χ3n) is 5.82. The molecule has 5 rings (SSSR count). The topological polar surface area (TPSA) is 62.2 Å². The number of sulfonamides is 1.